The van der Waals surface area contributed by atoms with Crippen LogP contribution in [0.15, 0.2) is 48.7 Å². The zero-order valence-corrected chi connectivity index (χ0v) is 16.6. The molecule has 0 aliphatic heterocycles. The van der Waals surface area contributed by atoms with Crippen LogP contribution in [0.5, 0.6) is 0 Å². The minimum absolute atomic E-state index is 0.0502. The van der Waals surface area contributed by atoms with Gasteiger partial charge in [-0.1, -0.05) is 18.2 Å². The van der Waals surface area contributed by atoms with Crippen molar-refractivity contribution in [3.05, 3.63) is 77.0 Å². The van der Waals surface area contributed by atoms with Crippen molar-refractivity contribution in [1.29, 1.82) is 5.26 Å². The highest BCUT2D eigenvalue weighted by atomic mass is 16.1. The van der Waals surface area contributed by atoms with Gasteiger partial charge >= 0.3 is 0 Å². The van der Waals surface area contributed by atoms with Crippen molar-refractivity contribution in [2.45, 2.75) is 33.1 Å². The van der Waals surface area contributed by atoms with E-state index in [0.717, 1.165) is 16.8 Å². The number of benzene rings is 1. The first-order chi connectivity index (χ1) is 14.0. The second-order valence-electron chi connectivity index (χ2n) is 6.90. The summed E-state index contributed by atoms with van der Waals surface area (Å²) < 4.78 is 0. The van der Waals surface area contributed by atoms with E-state index in [1.54, 1.807) is 6.20 Å². The molecule has 1 amide bonds. The SMILES string of the molecule is Cc1ccc(-c2cc(CCC(=O)NCCc3ccccn3)nc(C#N)n2)cc1C. The molecule has 0 aliphatic rings. The molecule has 0 radical (unpaired) electrons. The predicted octanol–water partition coefficient (Wildman–Crippen LogP) is 3.32. The van der Waals surface area contributed by atoms with Crippen molar-refractivity contribution in [3.8, 4) is 17.3 Å². The van der Waals surface area contributed by atoms with Crippen molar-refractivity contribution in [2.24, 2.45) is 0 Å². The van der Waals surface area contributed by atoms with Crippen LogP contribution < -0.4 is 5.32 Å². The van der Waals surface area contributed by atoms with Gasteiger partial charge in [0.15, 0.2) is 0 Å². The standard InChI is InChI=1S/C23H23N5O/c1-16-6-7-18(13-17(16)2)21-14-20(27-22(15-24)28-21)8-9-23(29)26-12-10-19-5-3-4-11-25-19/h3-7,11,13-14H,8-10,12H2,1-2H3,(H,26,29). The lowest BCUT2D eigenvalue weighted by molar-refractivity contribution is -0.121. The first-order valence-electron chi connectivity index (χ1n) is 9.57. The molecule has 2 aromatic heterocycles. The summed E-state index contributed by atoms with van der Waals surface area (Å²) >= 11 is 0. The average molecular weight is 385 g/mol. The van der Waals surface area contributed by atoms with Crippen LogP contribution in [0, 0.1) is 25.2 Å². The Bertz CT molecular complexity index is 1040. The maximum atomic E-state index is 12.2. The molecule has 3 rings (SSSR count). The van der Waals surface area contributed by atoms with Gasteiger partial charge in [-0.05, 0) is 55.7 Å². The third kappa shape index (κ3) is 5.69. The van der Waals surface area contributed by atoms with Crippen LogP contribution in [0.2, 0.25) is 0 Å². The maximum absolute atomic E-state index is 12.2. The van der Waals surface area contributed by atoms with Gasteiger partial charge in [0.2, 0.25) is 11.7 Å². The molecule has 6 nitrogen and oxygen atoms in total. The number of hydrogen-bond acceptors (Lipinski definition) is 5. The lowest BCUT2D eigenvalue weighted by Crippen LogP contribution is -2.26. The summed E-state index contributed by atoms with van der Waals surface area (Å²) in [5, 5.41) is 12.2. The summed E-state index contributed by atoms with van der Waals surface area (Å²) in [6.45, 7) is 4.64. The van der Waals surface area contributed by atoms with Gasteiger partial charge in [0.25, 0.3) is 0 Å². The van der Waals surface area contributed by atoms with Gasteiger partial charge in [-0.2, -0.15) is 5.26 Å². The molecule has 3 aromatic rings. The maximum Gasteiger partial charge on any atom is 0.232 e. The molecule has 0 bridgehead atoms. The molecule has 6 heteroatoms. The van der Waals surface area contributed by atoms with Gasteiger partial charge in [-0.3, -0.25) is 9.78 Å². The number of nitrogens with zero attached hydrogens (tertiary/aromatic N) is 4. The van der Waals surface area contributed by atoms with Gasteiger partial charge in [0, 0.05) is 42.5 Å². The molecule has 29 heavy (non-hydrogen) atoms. The summed E-state index contributed by atoms with van der Waals surface area (Å²) in [6.07, 6.45) is 3.18. The van der Waals surface area contributed by atoms with Crippen molar-refractivity contribution in [3.63, 3.8) is 0 Å². The number of rotatable bonds is 7. The summed E-state index contributed by atoms with van der Waals surface area (Å²) in [7, 11) is 0. The summed E-state index contributed by atoms with van der Waals surface area (Å²) in [5.74, 6) is 0.0667. The fraction of sp³-hybridized carbons (Fsp3) is 0.261. The predicted molar refractivity (Wildman–Crippen MR) is 111 cm³/mol. The Morgan fingerprint density at radius 1 is 1.03 bits per heavy atom. The molecular formula is C23H23N5O. The van der Waals surface area contributed by atoms with Gasteiger partial charge in [-0.25, -0.2) is 9.97 Å². The quantitative estimate of drug-likeness (QED) is 0.674. The Balaban J connectivity index is 1.62. The smallest absolute Gasteiger partial charge is 0.232 e. The molecule has 1 aromatic carbocycles. The number of hydrogen-bond donors (Lipinski definition) is 1. The number of nitrogens with one attached hydrogen (secondary N) is 1. The molecular weight excluding hydrogens is 362 g/mol. The Labute approximate surface area is 170 Å². The van der Waals surface area contributed by atoms with Crippen LogP contribution in [0.3, 0.4) is 0 Å². The Kier molecular flexibility index (Phi) is 6.64. The summed E-state index contributed by atoms with van der Waals surface area (Å²) in [6, 6.07) is 15.7. The molecule has 0 unspecified atom stereocenters. The second-order valence-corrected chi connectivity index (χ2v) is 6.90. The van der Waals surface area contributed by atoms with Gasteiger partial charge < -0.3 is 5.32 Å². The molecule has 0 saturated heterocycles. The van der Waals surface area contributed by atoms with Crippen LogP contribution in [-0.2, 0) is 17.6 Å². The van der Waals surface area contributed by atoms with Crippen LogP contribution in [0.4, 0.5) is 0 Å². The number of aryl methyl sites for hydroxylation is 3. The van der Waals surface area contributed by atoms with E-state index < -0.39 is 0 Å². The van der Waals surface area contributed by atoms with E-state index >= 15 is 0 Å². The van der Waals surface area contributed by atoms with Crippen molar-refractivity contribution in [1.82, 2.24) is 20.3 Å². The minimum atomic E-state index is -0.0502. The molecule has 0 spiro atoms. The summed E-state index contributed by atoms with van der Waals surface area (Å²) in [4.78, 5) is 25.0. The topological polar surface area (TPSA) is 91.6 Å². The van der Waals surface area contributed by atoms with E-state index in [4.69, 9.17) is 0 Å². The number of nitriles is 1. The monoisotopic (exact) mass is 385 g/mol. The highest BCUT2D eigenvalue weighted by Crippen LogP contribution is 2.21. The van der Waals surface area contributed by atoms with Crippen LogP contribution in [0.1, 0.15) is 34.8 Å². The number of pyridine rings is 1. The zero-order valence-electron chi connectivity index (χ0n) is 16.6. The van der Waals surface area contributed by atoms with Crippen LogP contribution >= 0.6 is 0 Å². The van der Waals surface area contributed by atoms with E-state index in [-0.39, 0.29) is 11.7 Å². The van der Waals surface area contributed by atoms with E-state index in [2.05, 4.69) is 27.2 Å². The van der Waals surface area contributed by atoms with Crippen molar-refractivity contribution in [2.75, 3.05) is 6.54 Å². The number of aromatic nitrogens is 3. The highest BCUT2D eigenvalue weighted by molar-refractivity contribution is 5.76. The number of carbonyl (C=O) groups excluding carboxylic acids is 1. The first kappa shape index (κ1) is 20.2. The molecule has 0 atom stereocenters. The van der Waals surface area contributed by atoms with E-state index in [1.165, 1.54) is 5.56 Å². The summed E-state index contributed by atoms with van der Waals surface area (Å²) in [5.41, 5.74) is 5.63. The Morgan fingerprint density at radius 2 is 1.90 bits per heavy atom. The molecule has 0 saturated carbocycles. The van der Waals surface area contributed by atoms with E-state index in [9.17, 15) is 10.1 Å². The van der Waals surface area contributed by atoms with Gasteiger partial charge in [0.05, 0.1) is 5.69 Å². The molecule has 2 heterocycles. The Hall–Kier alpha value is -3.59. The minimum Gasteiger partial charge on any atom is -0.356 e. The molecule has 0 fully saturated rings. The fourth-order valence-corrected chi connectivity index (χ4v) is 2.93. The van der Waals surface area contributed by atoms with E-state index in [0.29, 0.717) is 37.2 Å². The first-order valence-corrected chi connectivity index (χ1v) is 9.57. The molecule has 0 aliphatic carbocycles. The van der Waals surface area contributed by atoms with Crippen LogP contribution in [0.25, 0.3) is 11.3 Å². The number of amides is 1. The largest absolute Gasteiger partial charge is 0.356 e. The third-order valence-corrected chi connectivity index (χ3v) is 4.72. The number of carbonyl (C=O) groups is 1. The second kappa shape index (κ2) is 9.56. The van der Waals surface area contributed by atoms with Crippen LogP contribution in [-0.4, -0.2) is 27.4 Å². The fourth-order valence-electron chi connectivity index (χ4n) is 2.93. The Morgan fingerprint density at radius 3 is 2.62 bits per heavy atom. The lowest BCUT2D eigenvalue weighted by atomic mass is 10.0. The third-order valence-electron chi connectivity index (χ3n) is 4.72. The normalized spacial score (nSPS) is 10.4. The van der Waals surface area contributed by atoms with Gasteiger partial charge in [-0.15, -0.1) is 0 Å². The van der Waals surface area contributed by atoms with Gasteiger partial charge in [0.1, 0.15) is 6.07 Å². The van der Waals surface area contributed by atoms with Crippen molar-refractivity contribution < 1.29 is 4.79 Å². The lowest BCUT2D eigenvalue weighted by Gasteiger charge is -2.08. The molecule has 146 valence electrons. The highest BCUT2D eigenvalue weighted by Gasteiger charge is 2.10. The van der Waals surface area contributed by atoms with Crippen molar-refractivity contribution >= 4 is 5.91 Å². The average Bonchev–Trinajstić information content (AvgIpc) is 2.74. The van der Waals surface area contributed by atoms with E-state index in [1.807, 2.05) is 55.5 Å². The molecule has 1 N–H and O–H groups in total. The zero-order chi connectivity index (χ0) is 20.6.